The molecule has 1 aromatic rings. The Kier molecular flexibility index (Phi) is 3.96. The van der Waals surface area contributed by atoms with E-state index in [4.69, 9.17) is 0 Å². The third-order valence-electron chi connectivity index (χ3n) is 2.40. The molecule has 3 nitrogen and oxygen atoms in total. The second kappa shape index (κ2) is 5.02. The molecule has 1 heterocycles. The minimum atomic E-state index is 0.319. The highest BCUT2D eigenvalue weighted by atomic mass is 15.0. The van der Waals surface area contributed by atoms with Gasteiger partial charge in [0.25, 0.3) is 0 Å². The molecular formula is C10H19N3. The lowest BCUT2D eigenvalue weighted by molar-refractivity contribution is 0.423. The predicted octanol–water partition coefficient (Wildman–Crippen LogP) is 2.25. The summed E-state index contributed by atoms with van der Waals surface area (Å²) in [5.74, 6) is 1.02. The van der Waals surface area contributed by atoms with Crippen LogP contribution in [-0.4, -0.2) is 16.0 Å². The van der Waals surface area contributed by atoms with Crippen LogP contribution in [0.3, 0.4) is 0 Å². The van der Waals surface area contributed by atoms with Crippen molar-refractivity contribution in [2.24, 2.45) is 0 Å². The Morgan fingerprint density at radius 2 is 2.15 bits per heavy atom. The van der Waals surface area contributed by atoms with Gasteiger partial charge in [-0.15, -0.1) is 0 Å². The van der Waals surface area contributed by atoms with E-state index in [0.717, 1.165) is 5.82 Å². The van der Waals surface area contributed by atoms with Crippen molar-refractivity contribution in [3.8, 4) is 0 Å². The molecule has 0 bridgehead atoms. The molecule has 1 atom stereocenters. The summed E-state index contributed by atoms with van der Waals surface area (Å²) in [7, 11) is 0. The SMILES string of the molecule is CCC(CC)NC(C)c1ncc[nH]1. The molecule has 0 spiro atoms. The number of hydrogen-bond donors (Lipinski definition) is 2. The molecule has 0 amide bonds. The van der Waals surface area contributed by atoms with Crippen molar-refractivity contribution in [2.45, 2.75) is 45.7 Å². The minimum absolute atomic E-state index is 0.319. The highest BCUT2D eigenvalue weighted by molar-refractivity contribution is 4.94. The molecule has 1 aromatic heterocycles. The van der Waals surface area contributed by atoms with Gasteiger partial charge in [0, 0.05) is 18.4 Å². The quantitative estimate of drug-likeness (QED) is 0.731. The number of nitrogens with one attached hydrogen (secondary N) is 2. The Balaban J connectivity index is 2.45. The maximum absolute atomic E-state index is 4.22. The number of hydrogen-bond acceptors (Lipinski definition) is 2. The van der Waals surface area contributed by atoms with E-state index >= 15 is 0 Å². The van der Waals surface area contributed by atoms with Crippen molar-refractivity contribution in [2.75, 3.05) is 0 Å². The summed E-state index contributed by atoms with van der Waals surface area (Å²) in [6, 6.07) is 0.917. The smallest absolute Gasteiger partial charge is 0.122 e. The average Bonchev–Trinajstić information content (AvgIpc) is 2.66. The third-order valence-corrected chi connectivity index (χ3v) is 2.40. The zero-order valence-electron chi connectivity index (χ0n) is 8.67. The number of aromatic amines is 1. The van der Waals surface area contributed by atoms with E-state index in [2.05, 4.69) is 36.1 Å². The summed E-state index contributed by atoms with van der Waals surface area (Å²) in [6.07, 6.45) is 5.99. The van der Waals surface area contributed by atoms with Crippen LogP contribution in [0.5, 0.6) is 0 Å². The first kappa shape index (κ1) is 10.3. The fraction of sp³-hybridized carbons (Fsp3) is 0.700. The summed E-state index contributed by atoms with van der Waals surface area (Å²) in [6.45, 7) is 6.54. The molecule has 0 saturated carbocycles. The van der Waals surface area contributed by atoms with E-state index in [1.54, 1.807) is 6.20 Å². The van der Waals surface area contributed by atoms with Crippen LogP contribution in [-0.2, 0) is 0 Å². The van der Waals surface area contributed by atoms with Gasteiger partial charge in [-0.2, -0.15) is 0 Å². The third kappa shape index (κ3) is 2.84. The molecule has 0 saturated heterocycles. The van der Waals surface area contributed by atoms with Gasteiger partial charge in [-0.25, -0.2) is 4.98 Å². The lowest BCUT2D eigenvalue weighted by atomic mass is 10.1. The molecular weight excluding hydrogens is 162 g/mol. The van der Waals surface area contributed by atoms with Gasteiger partial charge in [0.2, 0.25) is 0 Å². The first-order valence-corrected chi connectivity index (χ1v) is 5.03. The van der Waals surface area contributed by atoms with Gasteiger partial charge in [-0.05, 0) is 19.8 Å². The largest absolute Gasteiger partial charge is 0.347 e. The molecule has 0 aromatic carbocycles. The first-order valence-electron chi connectivity index (χ1n) is 5.03. The number of aromatic nitrogens is 2. The lowest BCUT2D eigenvalue weighted by Gasteiger charge is -2.19. The van der Waals surface area contributed by atoms with Gasteiger partial charge in [-0.3, -0.25) is 0 Å². The summed E-state index contributed by atoms with van der Waals surface area (Å²) >= 11 is 0. The normalized spacial score (nSPS) is 13.5. The zero-order chi connectivity index (χ0) is 9.68. The number of nitrogens with zero attached hydrogens (tertiary/aromatic N) is 1. The van der Waals surface area contributed by atoms with Crippen molar-refractivity contribution in [1.29, 1.82) is 0 Å². The fourth-order valence-corrected chi connectivity index (χ4v) is 1.47. The summed E-state index contributed by atoms with van der Waals surface area (Å²) < 4.78 is 0. The first-order chi connectivity index (χ1) is 6.27. The van der Waals surface area contributed by atoms with Gasteiger partial charge in [-0.1, -0.05) is 13.8 Å². The zero-order valence-corrected chi connectivity index (χ0v) is 8.67. The molecule has 0 radical (unpaired) electrons. The summed E-state index contributed by atoms with van der Waals surface area (Å²) in [4.78, 5) is 7.34. The molecule has 0 aliphatic rings. The van der Waals surface area contributed by atoms with Crippen LogP contribution < -0.4 is 5.32 Å². The van der Waals surface area contributed by atoms with E-state index < -0.39 is 0 Å². The maximum Gasteiger partial charge on any atom is 0.122 e. The van der Waals surface area contributed by atoms with Crippen LogP contribution in [0.1, 0.15) is 45.5 Å². The van der Waals surface area contributed by atoms with E-state index in [1.807, 2.05) is 6.20 Å². The molecule has 74 valence electrons. The van der Waals surface area contributed by atoms with Gasteiger partial charge in [0.05, 0.1) is 6.04 Å². The van der Waals surface area contributed by atoms with Gasteiger partial charge in [0.1, 0.15) is 5.82 Å². The molecule has 1 rings (SSSR count). The van der Waals surface area contributed by atoms with E-state index in [0.29, 0.717) is 12.1 Å². The summed E-state index contributed by atoms with van der Waals surface area (Å²) in [5.41, 5.74) is 0. The highest BCUT2D eigenvalue weighted by Crippen LogP contribution is 2.09. The van der Waals surface area contributed by atoms with Crippen LogP contribution in [0.25, 0.3) is 0 Å². The molecule has 0 aliphatic heterocycles. The second-order valence-corrected chi connectivity index (χ2v) is 3.38. The van der Waals surface area contributed by atoms with E-state index in [1.165, 1.54) is 12.8 Å². The molecule has 1 unspecified atom stereocenters. The number of H-pyrrole nitrogens is 1. The lowest BCUT2D eigenvalue weighted by Crippen LogP contribution is -2.30. The van der Waals surface area contributed by atoms with Crippen molar-refractivity contribution in [3.05, 3.63) is 18.2 Å². The van der Waals surface area contributed by atoms with Gasteiger partial charge in [0.15, 0.2) is 0 Å². The molecule has 0 fully saturated rings. The molecule has 0 aliphatic carbocycles. The van der Waals surface area contributed by atoms with Gasteiger partial charge >= 0.3 is 0 Å². The van der Waals surface area contributed by atoms with Crippen molar-refractivity contribution in [3.63, 3.8) is 0 Å². The van der Waals surface area contributed by atoms with Crippen molar-refractivity contribution < 1.29 is 0 Å². The molecule has 3 heteroatoms. The highest BCUT2D eigenvalue weighted by Gasteiger charge is 2.11. The van der Waals surface area contributed by atoms with Crippen LogP contribution in [0.4, 0.5) is 0 Å². The Morgan fingerprint density at radius 1 is 1.46 bits per heavy atom. The molecule has 13 heavy (non-hydrogen) atoms. The standard InChI is InChI=1S/C10H19N3/c1-4-9(5-2)13-8(3)10-11-6-7-12-10/h6-9,13H,4-5H2,1-3H3,(H,11,12). The second-order valence-electron chi connectivity index (χ2n) is 3.38. The maximum atomic E-state index is 4.22. The minimum Gasteiger partial charge on any atom is -0.347 e. The topological polar surface area (TPSA) is 40.7 Å². The van der Waals surface area contributed by atoms with Crippen LogP contribution in [0, 0.1) is 0 Å². The molecule has 2 N–H and O–H groups in total. The number of imidazole rings is 1. The Hall–Kier alpha value is -0.830. The number of rotatable bonds is 5. The summed E-state index contributed by atoms with van der Waals surface area (Å²) in [5, 5.41) is 3.52. The van der Waals surface area contributed by atoms with E-state index in [9.17, 15) is 0 Å². The van der Waals surface area contributed by atoms with Crippen molar-refractivity contribution >= 4 is 0 Å². The van der Waals surface area contributed by atoms with E-state index in [-0.39, 0.29) is 0 Å². The van der Waals surface area contributed by atoms with Crippen molar-refractivity contribution in [1.82, 2.24) is 15.3 Å². The van der Waals surface area contributed by atoms with Crippen LogP contribution in [0.15, 0.2) is 12.4 Å². The Morgan fingerprint density at radius 3 is 2.62 bits per heavy atom. The average molecular weight is 181 g/mol. The van der Waals surface area contributed by atoms with Crippen LogP contribution >= 0.6 is 0 Å². The fourth-order valence-electron chi connectivity index (χ4n) is 1.47. The van der Waals surface area contributed by atoms with Gasteiger partial charge < -0.3 is 10.3 Å². The van der Waals surface area contributed by atoms with Crippen LogP contribution in [0.2, 0.25) is 0 Å². The Bertz CT molecular complexity index is 214. The predicted molar refractivity (Wildman–Crippen MR) is 54.5 cm³/mol. The Labute approximate surface area is 80.0 Å². The monoisotopic (exact) mass is 181 g/mol.